The van der Waals surface area contributed by atoms with Crippen LogP contribution in [0.15, 0.2) is 24.3 Å². The Hall–Kier alpha value is -0.670. The molecule has 2 aromatic heterocycles. The maximum atomic E-state index is 4.60. The highest BCUT2D eigenvalue weighted by Crippen LogP contribution is 2.26. The van der Waals surface area contributed by atoms with E-state index in [4.69, 9.17) is 0 Å². The summed E-state index contributed by atoms with van der Waals surface area (Å²) in [6.45, 7) is 0. The second-order valence-corrected chi connectivity index (χ2v) is 6.73. The molecular formula is C11H9IN4S2. The molecule has 92 valence electrons. The van der Waals surface area contributed by atoms with Gasteiger partial charge >= 0.3 is 0 Å². The first-order valence-electron chi connectivity index (χ1n) is 5.24. The molecule has 0 N–H and O–H groups in total. The fourth-order valence-electron chi connectivity index (χ4n) is 1.61. The molecule has 0 saturated heterocycles. The molecule has 2 heterocycles. The number of hydrogen-bond acceptors (Lipinski definition) is 5. The van der Waals surface area contributed by atoms with Gasteiger partial charge < -0.3 is 0 Å². The van der Waals surface area contributed by atoms with E-state index >= 15 is 0 Å². The average Bonchev–Trinajstić information content (AvgIpc) is 2.92. The molecule has 4 nitrogen and oxygen atoms in total. The number of thioether (sulfide) groups is 1. The fourth-order valence-corrected chi connectivity index (χ4v) is 3.45. The van der Waals surface area contributed by atoms with Crippen molar-refractivity contribution < 1.29 is 0 Å². The van der Waals surface area contributed by atoms with E-state index in [0.29, 0.717) is 0 Å². The quantitative estimate of drug-likeness (QED) is 0.646. The maximum Gasteiger partial charge on any atom is 0.235 e. The highest BCUT2D eigenvalue weighted by atomic mass is 127. The van der Waals surface area contributed by atoms with Crippen LogP contribution in [-0.4, -0.2) is 26.1 Å². The van der Waals surface area contributed by atoms with Crippen molar-refractivity contribution >= 4 is 50.7 Å². The number of halogens is 1. The summed E-state index contributed by atoms with van der Waals surface area (Å²) in [6, 6.07) is 8.31. The van der Waals surface area contributed by atoms with Crippen LogP contribution in [0.3, 0.4) is 0 Å². The Kier molecular flexibility index (Phi) is 3.53. The number of rotatable bonds is 3. The molecule has 3 aromatic rings. The second kappa shape index (κ2) is 5.14. The van der Waals surface area contributed by atoms with E-state index in [0.717, 1.165) is 27.1 Å². The standard InChI is InChI=1S/C11H9IN4S2/c1-17-6-9-13-14-11-16(9)15-10(18-11)7-3-2-4-8(12)5-7/h2-5H,6H2,1H3. The molecule has 0 saturated carbocycles. The van der Waals surface area contributed by atoms with Crippen LogP contribution in [0.1, 0.15) is 5.82 Å². The highest BCUT2D eigenvalue weighted by Gasteiger charge is 2.12. The first-order valence-corrected chi connectivity index (χ1v) is 8.53. The SMILES string of the molecule is CSCc1nnc2sc(-c3cccc(I)c3)nn12. The Bertz CT molecular complexity index is 691. The van der Waals surface area contributed by atoms with Crippen molar-refractivity contribution in [1.29, 1.82) is 0 Å². The highest BCUT2D eigenvalue weighted by molar-refractivity contribution is 14.1. The van der Waals surface area contributed by atoms with Crippen molar-refractivity contribution in [1.82, 2.24) is 19.8 Å². The van der Waals surface area contributed by atoms with Gasteiger partial charge in [-0.2, -0.15) is 21.4 Å². The minimum atomic E-state index is 0.830. The van der Waals surface area contributed by atoms with Crippen LogP contribution in [0.25, 0.3) is 15.5 Å². The largest absolute Gasteiger partial charge is 0.235 e. The van der Waals surface area contributed by atoms with Gasteiger partial charge in [-0.25, -0.2) is 0 Å². The van der Waals surface area contributed by atoms with Crippen LogP contribution in [0.4, 0.5) is 0 Å². The molecule has 1 aromatic carbocycles. The molecule has 18 heavy (non-hydrogen) atoms. The monoisotopic (exact) mass is 388 g/mol. The number of nitrogens with zero attached hydrogens (tertiary/aromatic N) is 4. The van der Waals surface area contributed by atoms with Crippen LogP contribution in [0.2, 0.25) is 0 Å². The Morgan fingerprint density at radius 1 is 1.39 bits per heavy atom. The first-order chi connectivity index (χ1) is 8.78. The lowest BCUT2D eigenvalue weighted by atomic mass is 10.2. The van der Waals surface area contributed by atoms with Crippen LogP contribution in [0, 0.1) is 3.57 Å². The summed E-state index contributed by atoms with van der Waals surface area (Å²) in [5.74, 6) is 1.74. The third-order valence-corrected chi connectivity index (χ3v) is 4.57. The average molecular weight is 388 g/mol. The minimum absolute atomic E-state index is 0.830. The third kappa shape index (κ3) is 2.26. The lowest BCUT2D eigenvalue weighted by Gasteiger charge is -1.96. The molecule has 0 amide bonds. The summed E-state index contributed by atoms with van der Waals surface area (Å²) in [6.07, 6.45) is 2.05. The first kappa shape index (κ1) is 12.4. The molecule has 0 bridgehead atoms. The molecule has 0 atom stereocenters. The number of benzene rings is 1. The Balaban J connectivity index is 2.08. The van der Waals surface area contributed by atoms with E-state index in [-0.39, 0.29) is 0 Å². The molecule has 0 unspecified atom stereocenters. The summed E-state index contributed by atoms with van der Waals surface area (Å²) in [7, 11) is 0. The van der Waals surface area contributed by atoms with Crippen molar-refractivity contribution in [3.8, 4) is 10.6 Å². The predicted molar refractivity (Wildman–Crippen MR) is 84.0 cm³/mol. The lowest BCUT2D eigenvalue weighted by molar-refractivity contribution is 0.888. The van der Waals surface area contributed by atoms with E-state index in [9.17, 15) is 0 Å². The molecule has 3 rings (SSSR count). The normalized spacial score (nSPS) is 11.2. The summed E-state index contributed by atoms with van der Waals surface area (Å²) in [5, 5.41) is 13.9. The van der Waals surface area contributed by atoms with Crippen molar-refractivity contribution in [3.05, 3.63) is 33.7 Å². The van der Waals surface area contributed by atoms with Crippen molar-refractivity contribution in [2.45, 2.75) is 5.75 Å². The number of hydrogen-bond donors (Lipinski definition) is 0. The third-order valence-electron chi connectivity index (χ3n) is 2.40. The zero-order chi connectivity index (χ0) is 12.5. The minimum Gasteiger partial charge on any atom is -0.186 e. The predicted octanol–water partition coefficient (Wildman–Crippen LogP) is 3.32. The van der Waals surface area contributed by atoms with Gasteiger partial charge in [0, 0.05) is 9.13 Å². The van der Waals surface area contributed by atoms with Gasteiger partial charge in [-0.15, -0.1) is 10.2 Å². The molecule has 0 spiro atoms. The Morgan fingerprint density at radius 2 is 2.28 bits per heavy atom. The van der Waals surface area contributed by atoms with Crippen molar-refractivity contribution in [2.75, 3.05) is 6.26 Å². The molecule has 7 heteroatoms. The van der Waals surface area contributed by atoms with Crippen LogP contribution < -0.4 is 0 Å². The van der Waals surface area contributed by atoms with E-state index in [1.54, 1.807) is 23.1 Å². The molecule has 0 aliphatic rings. The van der Waals surface area contributed by atoms with Gasteiger partial charge in [0.25, 0.3) is 0 Å². The van der Waals surface area contributed by atoms with Gasteiger partial charge in [-0.1, -0.05) is 23.5 Å². The fraction of sp³-hybridized carbons (Fsp3) is 0.182. The van der Waals surface area contributed by atoms with Gasteiger partial charge in [0.15, 0.2) is 5.82 Å². The Labute approximate surface area is 126 Å². The number of aromatic nitrogens is 4. The summed E-state index contributed by atoms with van der Waals surface area (Å²) >= 11 is 5.60. The van der Waals surface area contributed by atoms with E-state index in [1.165, 1.54) is 3.57 Å². The van der Waals surface area contributed by atoms with Gasteiger partial charge in [0.2, 0.25) is 4.96 Å². The lowest BCUT2D eigenvalue weighted by Crippen LogP contribution is -1.93. The van der Waals surface area contributed by atoms with E-state index in [2.05, 4.69) is 56.1 Å². The summed E-state index contributed by atoms with van der Waals surface area (Å²) < 4.78 is 3.05. The zero-order valence-electron chi connectivity index (χ0n) is 9.50. The Morgan fingerprint density at radius 3 is 3.06 bits per heavy atom. The van der Waals surface area contributed by atoms with E-state index in [1.807, 2.05) is 16.8 Å². The van der Waals surface area contributed by atoms with Crippen molar-refractivity contribution in [3.63, 3.8) is 0 Å². The second-order valence-electron chi connectivity index (χ2n) is 3.66. The van der Waals surface area contributed by atoms with Gasteiger partial charge in [-0.3, -0.25) is 0 Å². The van der Waals surface area contributed by atoms with Gasteiger partial charge in [0.1, 0.15) is 5.01 Å². The number of fused-ring (bicyclic) bond motifs is 1. The molecular weight excluding hydrogens is 379 g/mol. The molecule has 0 radical (unpaired) electrons. The van der Waals surface area contributed by atoms with Crippen LogP contribution in [0.5, 0.6) is 0 Å². The van der Waals surface area contributed by atoms with E-state index < -0.39 is 0 Å². The topological polar surface area (TPSA) is 43.1 Å². The summed E-state index contributed by atoms with van der Waals surface area (Å²) in [5.41, 5.74) is 1.13. The van der Waals surface area contributed by atoms with Crippen molar-refractivity contribution in [2.24, 2.45) is 0 Å². The smallest absolute Gasteiger partial charge is 0.186 e. The zero-order valence-corrected chi connectivity index (χ0v) is 13.3. The molecule has 0 aliphatic heterocycles. The maximum absolute atomic E-state index is 4.60. The molecule has 0 fully saturated rings. The van der Waals surface area contributed by atoms with Gasteiger partial charge in [0.05, 0.1) is 5.75 Å². The van der Waals surface area contributed by atoms with Gasteiger partial charge in [-0.05, 0) is 41.0 Å². The molecule has 0 aliphatic carbocycles. The van der Waals surface area contributed by atoms with Crippen LogP contribution >= 0.6 is 45.7 Å². The van der Waals surface area contributed by atoms with Crippen LogP contribution in [-0.2, 0) is 5.75 Å². The summed E-state index contributed by atoms with van der Waals surface area (Å²) in [4.78, 5) is 0.855.